The number of amides is 1. The zero-order valence-electron chi connectivity index (χ0n) is 22.0. The van der Waals surface area contributed by atoms with E-state index in [1.54, 1.807) is 24.8 Å². The summed E-state index contributed by atoms with van der Waals surface area (Å²) in [6.07, 6.45) is 2.08. The van der Waals surface area contributed by atoms with Crippen LogP contribution < -0.4 is 10.8 Å². The highest BCUT2D eigenvalue weighted by Gasteiger charge is 2.45. The van der Waals surface area contributed by atoms with Gasteiger partial charge in [-0.05, 0) is 32.9 Å². The predicted octanol–water partition coefficient (Wildman–Crippen LogP) is 4.15. The Bertz CT molecular complexity index is 1470. The lowest BCUT2D eigenvalue weighted by Crippen LogP contribution is -2.40. The molecule has 1 atom stereocenters. The van der Waals surface area contributed by atoms with Gasteiger partial charge in [0.25, 0.3) is 0 Å². The molecule has 0 aliphatic carbocycles. The van der Waals surface area contributed by atoms with Crippen molar-refractivity contribution in [1.82, 2.24) is 19.9 Å². The number of aryl methyl sites for hydroxylation is 1. The first-order valence-electron chi connectivity index (χ1n) is 12.5. The Hall–Kier alpha value is -3.53. The fourth-order valence-electron chi connectivity index (χ4n) is 4.54. The molecule has 0 bridgehead atoms. The van der Waals surface area contributed by atoms with Gasteiger partial charge < -0.3 is 19.5 Å². The van der Waals surface area contributed by atoms with Crippen molar-refractivity contribution >= 4 is 41.2 Å². The van der Waals surface area contributed by atoms with Crippen LogP contribution in [0.15, 0.2) is 30.5 Å². The maximum atomic E-state index is 15.3. The molecule has 3 heterocycles. The monoisotopic (exact) mass is 563 g/mol. The van der Waals surface area contributed by atoms with E-state index < -0.39 is 36.5 Å². The fraction of sp³-hybridized carbons (Fsp3) is 0.423. The minimum absolute atomic E-state index is 0.0756. The van der Waals surface area contributed by atoms with Crippen molar-refractivity contribution in [2.24, 2.45) is 0 Å². The third-order valence-electron chi connectivity index (χ3n) is 6.72. The Labute approximate surface area is 223 Å². The summed E-state index contributed by atoms with van der Waals surface area (Å²) in [6.45, 7) is 6.54. The molecular formula is C26H29F3N5O4P. The van der Waals surface area contributed by atoms with E-state index in [9.17, 15) is 22.9 Å². The Kier molecular flexibility index (Phi) is 7.97. The Morgan fingerprint density at radius 3 is 2.56 bits per heavy atom. The van der Waals surface area contributed by atoms with Crippen LogP contribution in [0.5, 0.6) is 0 Å². The molecule has 1 fully saturated rings. The average Bonchev–Trinajstić information content (AvgIpc) is 2.88. The van der Waals surface area contributed by atoms with E-state index in [1.165, 1.54) is 32.2 Å². The van der Waals surface area contributed by atoms with Gasteiger partial charge in [-0.25, -0.2) is 19.2 Å². The molecule has 39 heavy (non-hydrogen) atoms. The number of esters is 1. The molecule has 0 unspecified atom stereocenters. The summed E-state index contributed by atoms with van der Waals surface area (Å²) in [4.78, 5) is 38.3. The number of halogens is 3. The number of nitrogens with one attached hydrogen (secondary N) is 1. The second kappa shape index (κ2) is 10.9. The summed E-state index contributed by atoms with van der Waals surface area (Å²) < 4.78 is 62.8. The lowest BCUT2D eigenvalue weighted by atomic mass is 10.00. The normalized spacial score (nSPS) is 16.1. The molecule has 1 amide bonds. The van der Waals surface area contributed by atoms with Crippen LogP contribution in [0.2, 0.25) is 0 Å². The van der Waals surface area contributed by atoms with Gasteiger partial charge in [0.05, 0.1) is 29.9 Å². The number of aromatic nitrogens is 3. The number of benzene rings is 1. The van der Waals surface area contributed by atoms with Crippen LogP contribution in [0, 0.1) is 12.7 Å². The summed E-state index contributed by atoms with van der Waals surface area (Å²) in [5.74, 6) is -6.65. The highest BCUT2D eigenvalue weighted by Crippen LogP contribution is 2.46. The first-order valence-corrected chi connectivity index (χ1v) is 14.5. The van der Waals surface area contributed by atoms with E-state index in [0.29, 0.717) is 47.6 Å². The minimum atomic E-state index is -4.17. The van der Waals surface area contributed by atoms with Gasteiger partial charge in [-0.3, -0.25) is 9.78 Å². The largest absolute Gasteiger partial charge is 0.461 e. The van der Waals surface area contributed by atoms with Crippen LogP contribution >= 0.6 is 7.14 Å². The first kappa shape index (κ1) is 28.5. The van der Waals surface area contributed by atoms with E-state index in [1.807, 2.05) is 0 Å². The number of carbonyl (C=O) groups is 2. The number of nitrogens with zero attached hydrogens (tertiary/aromatic N) is 4. The smallest absolute Gasteiger partial charge is 0.382 e. The number of fused-ring (bicyclic) bond motifs is 1. The van der Waals surface area contributed by atoms with Crippen molar-refractivity contribution in [3.8, 4) is 0 Å². The molecule has 3 aromatic rings. The summed E-state index contributed by atoms with van der Waals surface area (Å²) in [7, 11) is -2.90. The number of hydrogen-bond donors (Lipinski definition) is 1. The Morgan fingerprint density at radius 2 is 1.92 bits per heavy atom. The lowest BCUT2D eigenvalue weighted by molar-refractivity contribution is -0.173. The van der Waals surface area contributed by atoms with E-state index >= 15 is 4.39 Å². The zero-order chi connectivity index (χ0) is 28.5. The van der Waals surface area contributed by atoms with E-state index in [4.69, 9.17) is 0 Å². The molecule has 1 aliphatic heterocycles. The lowest BCUT2D eigenvalue weighted by Gasteiger charge is -2.31. The average molecular weight is 564 g/mol. The number of anilines is 1. The predicted molar refractivity (Wildman–Crippen MR) is 140 cm³/mol. The molecule has 1 aromatic carbocycles. The molecule has 0 spiro atoms. The van der Waals surface area contributed by atoms with Crippen molar-refractivity contribution in [2.45, 2.75) is 39.7 Å². The molecule has 208 valence electrons. The molecule has 1 aliphatic rings. The van der Waals surface area contributed by atoms with Crippen molar-refractivity contribution in [3.63, 3.8) is 0 Å². The van der Waals surface area contributed by atoms with E-state index in [-0.39, 0.29) is 23.9 Å². The second-order valence-corrected chi connectivity index (χ2v) is 12.5. The van der Waals surface area contributed by atoms with E-state index in [0.717, 1.165) is 6.07 Å². The summed E-state index contributed by atoms with van der Waals surface area (Å²) >= 11 is 0. The maximum Gasteiger partial charge on any atom is 0.382 e. The van der Waals surface area contributed by atoms with Crippen LogP contribution in [0.3, 0.4) is 0 Å². The van der Waals surface area contributed by atoms with Gasteiger partial charge in [0.1, 0.15) is 30.0 Å². The number of hydrogen-bond acceptors (Lipinski definition) is 8. The summed E-state index contributed by atoms with van der Waals surface area (Å²) in [6, 6.07) is 4.20. The summed E-state index contributed by atoms with van der Waals surface area (Å²) in [5, 5.41) is 3.54. The van der Waals surface area contributed by atoms with Gasteiger partial charge in [0.15, 0.2) is 0 Å². The van der Waals surface area contributed by atoms with Crippen molar-refractivity contribution in [2.75, 3.05) is 37.3 Å². The molecular weight excluding hydrogens is 534 g/mol. The molecule has 2 aromatic heterocycles. The molecule has 4 rings (SSSR count). The molecule has 0 radical (unpaired) electrons. The molecule has 1 N–H and O–H groups in total. The second-order valence-electron chi connectivity index (χ2n) is 9.39. The van der Waals surface area contributed by atoms with Gasteiger partial charge in [0, 0.05) is 43.3 Å². The van der Waals surface area contributed by atoms with Crippen LogP contribution in [0.4, 0.5) is 19.0 Å². The number of alkyl halides is 2. The van der Waals surface area contributed by atoms with Crippen molar-refractivity contribution < 1.29 is 32.1 Å². The van der Waals surface area contributed by atoms with Gasteiger partial charge >= 0.3 is 11.9 Å². The molecule has 13 heteroatoms. The number of carbonyl (C=O) groups excluding carboxylic acids is 2. The van der Waals surface area contributed by atoms with Crippen LogP contribution in [-0.2, 0) is 24.8 Å². The molecule has 9 nitrogen and oxygen atoms in total. The summed E-state index contributed by atoms with van der Waals surface area (Å²) in [5.41, 5.74) is -0.363. The highest BCUT2D eigenvalue weighted by molar-refractivity contribution is 7.71. The molecule has 0 saturated carbocycles. The van der Waals surface area contributed by atoms with Gasteiger partial charge in [-0.1, -0.05) is 12.1 Å². The zero-order valence-corrected chi connectivity index (χ0v) is 22.9. The van der Waals surface area contributed by atoms with Crippen LogP contribution in [-0.4, -0.2) is 63.7 Å². The maximum absolute atomic E-state index is 15.3. The van der Waals surface area contributed by atoms with Crippen LogP contribution in [0.25, 0.3) is 10.9 Å². The van der Waals surface area contributed by atoms with Gasteiger partial charge in [-0.15, -0.1) is 0 Å². The Morgan fingerprint density at radius 1 is 1.23 bits per heavy atom. The standard InChI is InChI=1S/C26H29F3N5O4P/c1-5-38-25(36)26(28,29)20-8-6-7-18(23(20)27)15(2)31-24-19-13-22(30-14-21(19)32-16(3)33-24)39(37)11-9-34(10-12-39)17(4)35/h6-8,13-15H,5,9-12H2,1-4H3,(H,31,32,33)/t15-/m1/s1. The third kappa shape index (κ3) is 5.61. The van der Waals surface area contributed by atoms with Crippen LogP contribution in [0.1, 0.15) is 43.8 Å². The molecule has 1 saturated heterocycles. The number of ether oxygens (including phenoxy) is 1. The quantitative estimate of drug-likeness (QED) is 0.337. The first-order chi connectivity index (χ1) is 18.4. The topological polar surface area (TPSA) is 114 Å². The fourth-order valence-corrected chi connectivity index (χ4v) is 6.99. The van der Waals surface area contributed by atoms with Gasteiger partial charge in [-0.2, -0.15) is 8.78 Å². The highest BCUT2D eigenvalue weighted by atomic mass is 31.2. The van der Waals surface area contributed by atoms with Crippen molar-refractivity contribution in [1.29, 1.82) is 0 Å². The number of pyridine rings is 1. The third-order valence-corrected chi connectivity index (χ3v) is 9.65. The Balaban J connectivity index is 1.68. The minimum Gasteiger partial charge on any atom is -0.461 e. The SMILES string of the molecule is CCOC(=O)C(F)(F)c1cccc([C@@H](C)Nc2nc(C)nc3cnc(P4(=O)CCN(C(C)=O)CC4)cc23)c1F. The number of rotatable bonds is 7. The van der Waals surface area contributed by atoms with Crippen molar-refractivity contribution in [3.05, 3.63) is 53.2 Å². The van der Waals surface area contributed by atoms with Gasteiger partial charge in [0.2, 0.25) is 5.91 Å². The van der Waals surface area contributed by atoms with E-state index in [2.05, 4.69) is 25.0 Å².